The summed E-state index contributed by atoms with van der Waals surface area (Å²) >= 11 is 0. The van der Waals surface area contributed by atoms with Crippen LogP contribution in [0.25, 0.3) is 0 Å². The molecule has 0 spiro atoms. The lowest BCUT2D eigenvalue weighted by atomic mass is 10.0. The lowest BCUT2D eigenvalue weighted by Gasteiger charge is -2.15. The SMILES string of the molecule is CCCCCC/C=C\C/C=C\CCCCCCC(=O)OC[C@H](CO)OC(=O)CCCCCCCCCCCCCCCCC. The van der Waals surface area contributed by atoms with E-state index >= 15 is 0 Å². The molecule has 0 aliphatic carbocycles. The van der Waals surface area contributed by atoms with Gasteiger partial charge in [0.05, 0.1) is 6.61 Å². The molecule has 0 aromatic rings. The Morgan fingerprint density at radius 3 is 1.36 bits per heavy atom. The fourth-order valence-corrected chi connectivity index (χ4v) is 5.35. The number of aliphatic hydroxyl groups excluding tert-OH is 1. The Morgan fingerprint density at radius 2 is 0.909 bits per heavy atom. The maximum Gasteiger partial charge on any atom is 0.306 e. The van der Waals surface area contributed by atoms with Gasteiger partial charge in [-0.1, -0.05) is 160 Å². The van der Waals surface area contributed by atoms with Crippen molar-refractivity contribution < 1.29 is 24.2 Å². The summed E-state index contributed by atoms with van der Waals surface area (Å²) in [5, 5.41) is 9.53. The van der Waals surface area contributed by atoms with Crippen LogP contribution in [0.5, 0.6) is 0 Å². The molecule has 0 aromatic heterocycles. The van der Waals surface area contributed by atoms with Crippen molar-refractivity contribution in [3.63, 3.8) is 0 Å². The van der Waals surface area contributed by atoms with Crippen LogP contribution in [0, 0.1) is 0 Å². The van der Waals surface area contributed by atoms with Gasteiger partial charge in [-0.05, 0) is 44.9 Å². The molecule has 0 aromatic carbocycles. The fourth-order valence-electron chi connectivity index (χ4n) is 5.35. The summed E-state index contributed by atoms with van der Waals surface area (Å²) in [6, 6.07) is 0. The molecule has 5 nitrogen and oxygen atoms in total. The number of ether oxygens (including phenoxy) is 2. The molecule has 5 heteroatoms. The van der Waals surface area contributed by atoms with Gasteiger partial charge in [0.1, 0.15) is 6.61 Å². The third-order valence-electron chi connectivity index (χ3n) is 8.25. The second kappa shape index (κ2) is 35.9. The number of esters is 2. The molecular weight excluding hydrogens is 548 g/mol. The standard InChI is InChI=1S/C39H72O5/c1-3-5-7-9-11-13-15-17-19-21-23-25-27-29-31-33-38(41)43-36-37(35-40)44-39(42)34-32-30-28-26-24-22-20-18-16-14-12-10-8-6-4-2/h13,15,19,21,37,40H,3-12,14,16-18,20,22-36H2,1-2H3/b15-13-,21-19-/t37-/m0/s1. The minimum absolute atomic E-state index is 0.0715. The summed E-state index contributed by atoms with van der Waals surface area (Å²) in [5.41, 5.74) is 0. The third kappa shape index (κ3) is 33.3. The van der Waals surface area contributed by atoms with Gasteiger partial charge in [-0.15, -0.1) is 0 Å². The number of hydrogen-bond donors (Lipinski definition) is 1. The molecule has 0 saturated carbocycles. The van der Waals surface area contributed by atoms with Crippen molar-refractivity contribution in [2.24, 2.45) is 0 Å². The molecule has 0 unspecified atom stereocenters. The normalized spacial score (nSPS) is 12.3. The van der Waals surface area contributed by atoms with Crippen LogP contribution in [-0.2, 0) is 19.1 Å². The Labute approximate surface area is 273 Å². The highest BCUT2D eigenvalue weighted by Crippen LogP contribution is 2.14. The number of hydrogen-bond acceptors (Lipinski definition) is 5. The first-order valence-electron chi connectivity index (χ1n) is 18.9. The van der Waals surface area contributed by atoms with Gasteiger partial charge in [-0.25, -0.2) is 0 Å². The van der Waals surface area contributed by atoms with E-state index in [1.54, 1.807) is 0 Å². The second-order valence-electron chi connectivity index (χ2n) is 12.7. The molecule has 258 valence electrons. The number of unbranched alkanes of at least 4 members (excludes halogenated alkanes) is 22. The summed E-state index contributed by atoms with van der Waals surface area (Å²) in [6.07, 6.45) is 40.9. The molecule has 1 N–H and O–H groups in total. The van der Waals surface area contributed by atoms with E-state index < -0.39 is 6.10 Å². The van der Waals surface area contributed by atoms with E-state index in [1.807, 2.05) is 0 Å². The largest absolute Gasteiger partial charge is 0.462 e. The van der Waals surface area contributed by atoms with E-state index in [2.05, 4.69) is 38.2 Å². The monoisotopic (exact) mass is 621 g/mol. The minimum atomic E-state index is -0.773. The number of carbonyl (C=O) groups excluding carboxylic acids is 2. The van der Waals surface area contributed by atoms with Gasteiger partial charge in [-0.2, -0.15) is 0 Å². The fraction of sp³-hybridized carbons (Fsp3) is 0.846. The van der Waals surface area contributed by atoms with Crippen LogP contribution in [0.15, 0.2) is 24.3 Å². The molecule has 0 aliphatic heterocycles. The van der Waals surface area contributed by atoms with E-state index in [0.717, 1.165) is 57.8 Å². The van der Waals surface area contributed by atoms with Gasteiger partial charge in [0.2, 0.25) is 0 Å². The van der Waals surface area contributed by atoms with Crippen LogP contribution >= 0.6 is 0 Å². The van der Waals surface area contributed by atoms with Gasteiger partial charge in [0.15, 0.2) is 6.10 Å². The zero-order chi connectivity index (χ0) is 32.2. The van der Waals surface area contributed by atoms with Crippen LogP contribution < -0.4 is 0 Å². The van der Waals surface area contributed by atoms with Crippen LogP contribution in [0.1, 0.15) is 194 Å². The van der Waals surface area contributed by atoms with Crippen molar-refractivity contribution in [3.05, 3.63) is 24.3 Å². The van der Waals surface area contributed by atoms with E-state index in [4.69, 9.17) is 9.47 Å². The molecule has 0 rings (SSSR count). The van der Waals surface area contributed by atoms with Crippen molar-refractivity contribution in [2.45, 2.75) is 200 Å². The van der Waals surface area contributed by atoms with Crippen LogP contribution in [0.4, 0.5) is 0 Å². The third-order valence-corrected chi connectivity index (χ3v) is 8.25. The Morgan fingerprint density at radius 1 is 0.523 bits per heavy atom. The summed E-state index contributed by atoms with van der Waals surface area (Å²) in [7, 11) is 0. The van der Waals surface area contributed by atoms with Crippen molar-refractivity contribution in [3.8, 4) is 0 Å². The van der Waals surface area contributed by atoms with Crippen molar-refractivity contribution >= 4 is 11.9 Å². The first-order chi connectivity index (χ1) is 21.6. The average Bonchev–Trinajstić information content (AvgIpc) is 3.02. The molecule has 0 heterocycles. The quantitative estimate of drug-likeness (QED) is 0.0440. The number of carbonyl (C=O) groups is 2. The molecular formula is C39H72O5. The van der Waals surface area contributed by atoms with Gasteiger partial charge in [-0.3, -0.25) is 9.59 Å². The second-order valence-corrected chi connectivity index (χ2v) is 12.7. The highest BCUT2D eigenvalue weighted by Gasteiger charge is 2.16. The predicted octanol–water partition coefficient (Wildman–Crippen LogP) is 11.5. The first kappa shape index (κ1) is 42.4. The molecule has 0 amide bonds. The first-order valence-corrected chi connectivity index (χ1v) is 18.9. The Hall–Kier alpha value is -1.62. The topological polar surface area (TPSA) is 72.8 Å². The predicted molar refractivity (Wildman–Crippen MR) is 187 cm³/mol. The maximum absolute atomic E-state index is 12.1. The molecule has 0 radical (unpaired) electrons. The minimum Gasteiger partial charge on any atom is -0.462 e. The van der Waals surface area contributed by atoms with Gasteiger partial charge < -0.3 is 14.6 Å². The van der Waals surface area contributed by atoms with Gasteiger partial charge in [0, 0.05) is 12.8 Å². The van der Waals surface area contributed by atoms with E-state index in [0.29, 0.717) is 12.8 Å². The molecule has 0 bridgehead atoms. The lowest BCUT2D eigenvalue weighted by Crippen LogP contribution is -2.28. The smallest absolute Gasteiger partial charge is 0.306 e. The highest BCUT2D eigenvalue weighted by molar-refractivity contribution is 5.70. The Balaban J connectivity index is 3.57. The van der Waals surface area contributed by atoms with Crippen LogP contribution in [-0.4, -0.2) is 36.4 Å². The molecule has 0 saturated heterocycles. The van der Waals surface area contributed by atoms with Crippen molar-refractivity contribution in [1.82, 2.24) is 0 Å². The van der Waals surface area contributed by atoms with E-state index in [1.165, 1.54) is 109 Å². The zero-order valence-corrected chi connectivity index (χ0v) is 29.2. The van der Waals surface area contributed by atoms with E-state index in [-0.39, 0.29) is 25.2 Å². The molecule has 1 atom stereocenters. The molecule has 44 heavy (non-hydrogen) atoms. The van der Waals surface area contributed by atoms with Gasteiger partial charge in [0.25, 0.3) is 0 Å². The molecule has 0 fully saturated rings. The Bertz CT molecular complexity index is 671. The van der Waals surface area contributed by atoms with Crippen molar-refractivity contribution in [1.29, 1.82) is 0 Å². The summed E-state index contributed by atoms with van der Waals surface area (Å²) in [5.74, 6) is -0.606. The highest BCUT2D eigenvalue weighted by atomic mass is 16.6. The van der Waals surface area contributed by atoms with Crippen molar-refractivity contribution in [2.75, 3.05) is 13.2 Å². The maximum atomic E-state index is 12.1. The summed E-state index contributed by atoms with van der Waals surface area (Å²) in [4.78, 5) is 24.2. The average molecular weight is 621 g/mol. The zero-order valence-electron chi connectivity index (χ0n) is 29.2. The van der Waals surface area contributed by atoms with Crippen LogP contribution in [0.2, 0.25) is 0 Å². The number of rotatable bonds is 34. The molecule has 0 aliphatic rings. The van der Waals surface area contributed by atoms with Gasteiger partial charge >= 0.3 is 11.9 Å². The Kier molecular flexibility index (Phi) is 34.5. The number of aliphatic hydroxyl groups is 1. The lowest BCUT2D eigenvalue weighted by molar-refractivity contribution is -0.161. The van der Waals surface area contributed by atoms with E-state index in [9.17, 15) is 14.7 Å². The van der Waals surface area contributed by atoms with Crippen LogP contribution in [0.3, 0.4) is 0 Å². The summed E-state index contributed by atoms with van der Waals surface area (Å²) in [6.45, 7) is 4.11. The number of allylic oxidation sites excluding steroid dienone is 4. The summed E-state index contributed by atoms with van der Waals surface area (Å²) < 4.78 is 10.6.